The first kappa shape index (κ1) is 22.4. The topological polar surface area (TPSA) is 189 Å². The Bertz CT molecular complexity index is 1090. The number of aliphatic hydroxyl groups excluding tert-OH is 2. The molecule has 0 saturated carbocycles. The fraction of sp³-hybridized carbons (Fsp3) is 0.588. The lowest BCUT2D eigenvalue weighted by Crippen LogP contribution is -2.35. The number of anilines is 1. The number of nitrogens with two attached hydrogens (primary N) is 2. The Hall–Kier alpha value is -1.81. The number of hydrogen-bond acceptors (Lipinski definition) is 11. The molecule has 12 nitrogen and oxygen atoms in total. The van der Waals surface area contributed by atoms with E-state index in [-0.39, 0.29) is 5.82 Å². The van der Waals surface area contributed by atoms with Gasteiger partial charge in [-0.2, -0.15) is 13.5 Å². The predicted molar refractivity (Wildman–Crippen MR) is 112 cm³/mol. The van der Waals surface area contributed by atoms with Gasteiger partial charge >= 0.3 is 10.3 Å². The maximum atomic E-state index is 11.0. The summed E-state index contributed by atoms with van der Waals surface area (Å²) in [4.78, 5) is 8.27. The number of rotatable bonds is 7. The van der Waals surface area contributed by atoms with Crippen LogP contribution in [0.3, 0.4) is 0 Å². The standard InChI is InChI=1S/C17H24N6O6S2/c18-14-11-15(21-8-20-14)23(22-16(11)30-7-9-4-2-1-3-5-9)17-13(25)12(24)10(29-17)6-28-31(19,26)27/h4,8,10,12-13,17,24-25H,1-3,5-7H2,(H2,18,20,21)(H2,19,26,27)/t10-,12-,13-,17-/m1/s1. The first-order valence-corrected chi connectivity index (χ1v) is 12.2. The molecule has 2 aromatic heterocycles. The Morgan fingerprint density at radius 3 is 2.81 bits per heavy atom. The molecule has 6 N–H and O–H groups in total. The predicted octanol–water partition coefficient (Wildman–Crippen LogP) is -0.160. The van der Waals surface area contributed by atoms with Crippen LogP contribution in [-0.4, -0.2) is 69.1 Å². The minimum Gasteiger partial charge on any atom is -0.387 e. The van der Waals surface area contributed by atoms with Gasteiger partial charge in [-0.1, -0.05) is 23.4 Å². The Labute approximate surface area is 182 Å². The summed E-state index contributed by atoms with van der Waals surface area (Å²) in [6, 6.07) is 0. The van der Waals surface area contributed by atoms with Crippen molar-refractivity contribution in [3.63, 3.8) is 0 Å². The summed E-state index contributed by atoms with van der Waals surface area (Å²) in [6.07, 6.45) is 2.87. The van der Waals surface area contributed by atoms with Crippen LogP contribution in [0.5, 0.6) is 0 Å². The zero-order valence-electron chi connectivity index (χ0n) is 16.5. The van der Waals surface area contributed by atoms with Gasteiger partial charge in [-0.05, 0) is 25.7 Å². The SMILES string of the molecule is Nc1ncnc2c1c(SCC1=CCCCC1)nn2[C@@H]1O[C@H](COS(N)(=O)=O)[C@@H](O)[C@H]1O. The molecule has 4 rings (SSSR count). The van der Waals surface area contributed by atoms with Gasteiger partial charge in [-0.15, -0.1) is 0 Å². The van der Waals surface area contributed by atoms with Crippen LogP contribution < -0.4 is 10.9 Å². The molecule has 14 heteroatoms. The second-order valence-electron chi connectivity index (χ2n) is 7.43. The van der Waals surface area contributed by atoms with Crippen molar-refractivity contribution >= 4 is 38.9 Å². The molecule has 0 amide bonds. The van der Waals surface area contributed by atoms with Gasteiger partial charge < -0.3 is 20.7 Å². The number of aromatic nitrogens is 4. The van der Waals surface area contributed by atoms with Crippen LogP contribution in [0.4, 0.5) is 5.82 Å². The average Bonchev–Trinajstić information content (AvgIpc) is 3.24. The van der Waals surface area contributed by atoms with Gasteiger partial charge in [-0.25, -0.2) is 19.8 Å². The molecular weight excluding hydrogens is 448 g/mol. The summed E-state index contributed by atoms with van der Waals surface area (Å²) in [5.74, 6) is 0.973. The van der Waals surface area contributed by atoms with Gasteiger partial charge in [0.25, 0.3) is 0 Å². The quantitative estimate of drug-likeness (QED) is 0.309. The van der Waals surface area contributed by atoms with Gasteiger partial charge in [0.1, 0.15) is 35.5 Å². The highest BCUT2D eigenvalue weighted by Gasteiger charge is 2.45. The van der Waals surface area contributed by atoms with Crippen molar-refractivity contribution in [1.82, 2.24) is 19.7 Å². The Morgan fingerprint density at radius 2 is 2.10 bits per heavy atom. The number of allylic oxidation sites excluding steroid dienone is 1. The molecule has 3 heterocycles. The van der Waals surface area contributed by atoms with E-state index in [1.54, 1.807) is 0 Å². The molecule has 1 saturated heterocycles. The Kier molecular flexibility index (Phi) is 6.48. The minimum atomic E-state index is -4.23. The molecule has 1 fully saturated rings. The summed E-state index contributed by atoms with van der Waals surface area (Å²) in [7, 11) is -4.23. The number of thioether (sulfide) groups is 1. The first-order chi connectivity index (χ1) is 14.7. The lowest BCUT2D eigenvalue weighted by molar-refractivity contribution is -0.0531. The van der Waals surface area contributed by atoms with Crippen molar-refractivity contribution < 1.29 is 27.6 Å². The van der Waals surface area contributed by atoms with Crippen LogP contribution in [-0.2, 0) is 19.2 Å². The van der Waals surface area contributed by atoms with E-state index < -0.39 is 41.5 Å². The van der Waals surface area contributed by atoms with E-state index in [9.17, 15) is 18.6 Å². The Balaban J connectivity index is 1.61. The lowest BCUT2D eigenvalue weighted by atomic mass is 10.0. The molecule has 0 radical (unpaired) electrons. The van der Waals surface area contributed by atoms with Gasteiger partial charge in [0.2, 0.25) is 0 Å². The van der Waals surface area contributed by atoms with Gasteiger partial charge in [0.05, 0.1) is 12.0 Å². The monoisotopic (exact) mass is 472 g/mol. The number of aliphatic hydroxyl groups is 2. The summed E-state index contributed by atoms with van der Waals surface area (Å²) in [5, 5.41) is 31.3. The van der Waals surface area contributed by atoms with E-state index in [1.807, 2.05) is 0 Å². The molecule has 1 aliphatic carbocycles. The summed E-state index contributed by atoms with van der Waals surface area (Å²) in [5.41, 5.74) is 7.74. The van der Waals surface area contributed by atoms with Gasteiger partial charge in [0, 0.05) is 5.75 Å². The van der Waals surface area contributed by atoms with Crippen LogP contribution in [0, 0.1) is 0 Å². The highest BCUT2D eigenvalue weighted by molar-refractivity contribution is 7.99. The molecule has 4 atom stereocenters. The van der Waals surface area contributed by atoms with Crippen LogP contribution in [0.15, 0.2) is 23.0 Å². The molecule has 0 aromatic carbocycles. The smallest absolute Gasteiger partial charge is 0.333 e. The molecule has 31 heavy (non-hydrogen) atoms. The molecule has 2 aliphatic rings. The molecule has 1 aliphatic heterocycles. The lowest BCUT2D eigenvalue weighted by Gasteiger charge is -2.15. The minimum absolute atomic E-state index is 0.235. The van der Waals surface area contributed by atoms with Crippen molar-refractivity contribution in [1.29, 1.82) is 0 Å². The van der Waals surface area contributed by atoms with E-state index in [4.69, 9.17) is 15.6 Å². The maximum Gasteiger partial charge on any atom is 0.333 e. The number of nitrogen functional groups attached to an aromatic ring is 1. The summed E-state index contributed by atoms with van der Waals surface area (Å²) >= 11 is 1.49. The van der Waals surface area contributed by atoms with Crippen molar-refractivity contribution in [3.05, 3.63) is 18.0 Å². The first-order valence-electron chi connectivity index (χ1n) is 9.72. The molecule has 0 unspecified atom stereocenters. The summed E-state index contributed by atoms with van der Waals surface area (Å²) in [6.45, 7) is -0.556. The van der Waals surface area contributed by atoms with E-state index in [0.29, 0.717) is 16.1 Å². The second-order valence-corrected chi connectivity index (χ2v) is 9.61. The number of nitrogens with zero attached hydrogens (tertiary/aromatic N) is 4. The van der Waals surface area contributed by atoms with Crippen LogP contribution in [0.2, 0.25) is 0 Å². The van der Waals surface area contributed by atoms with Crippen molar-refractivity contribution in [3.8, 4) is 0 Å². The average molecular weight is 473 g/mol. The fourth-order valence-electron chi connectivity index (χ4n) is 3.67. The third-order valence-electron chi connectivity index (χ3n) is 5.24. The highest BCUT2D eigenvalue weighted by Crippen LogP contribution is 2.37. The molecule has 170 valence electrons. The van der Waals surface area contributed by atoms with Crippen LogP contribution >= 0.6 is 11.8 Å². The zero-order chi connectivity index (χ0) is 22.2. The van der Waals surface area contributed by atoms with Crippen molar-refractivity contribution in [2.24, 2.45) is 5.14 Å². The van der Waals surface area contributed by atoms with Gasteiger partial charge in [-0.3, -0.25) is 4.18 Å². The second kappa shape index (κ2) is 8.97. The van der Waals surface area contributed by atoms with E-state index in [1.165, 1.54) is 34.8 Å². The third kappa shape index (κ3) is 4.84. The van der Waals surface area contributed by atoms with Crippen LogP contribution in [0.25, 0.3) is 11.0 Å². The van der Waals surface area contributed by atoms with Gasteiger partial charge in [0.15, 0.2) is 11.9 Å². The fourth-order valence-corrected chi connectivity index (χ4v) is 5.06. The Morgan fingerprint density at radius 1 is 1.29 bits per heavy atom. The number of fused-ring (bicyclic) bond motifs is 1. The van der Waals surface area contributed by atoms with Crippen molar-refractivity contribution in [2.45, 2.75) is 55.2 Å². The highest BCUT2D eigenvalue weighted by atomic mass is 32.2. The van der Waals surface area contributed by atoms with E-state index in [2.05, 4.69) is 25.3 Å². The molecule has 2 aromatic rings. The maximum absolute atomic E-state index is 11.0. The van der Waals surface area contributed by atoms with Crippen molar-refractivity contribution in [2.75, 3.05) is 18.1 Å². The normalized spacial score (nSPS) is 27.0. The number of ether oxygens (including phenoxy) is 1. The largest absolute Gasteiger partial charge is 0.387 e. The van der Waals surface area contributed by atoms with Crippen LogP contribution in [0.1, 0.15) is 31.9 Å². The molecular formula is C17H24N6O6S2. The molecule has 0 spiro atoms. The summed E-state index contributed by atoms with van der Waals surface area (Å²) < 4.78 is 33.6. The van der Waals surface area contributed by atoms with E-state index in [0.717, 1.165) is 25.0 Å². The third-order valence-corrected chi connectivity index (χ3v) is 6.78. The number of hydrogen-bond donors (Lipinski definition) is 4. The molecule has 0 bridgehead atoms. The van der Waals surface area contributed by atoms with E-state index >= 15 is 0 Å². The zero-order valence-corrected chi connectivity index (χ0v) is 18.1.